The lowest BCUT2D eigenvalue weighted by molar-refractivity contribution is -0.143. The van der Waals surface area contributed by atoms with Crippen LogP contribution in [-0.4, -0.2) is 33.8 Å². The molecule has 0 radical (unpaired) electrons. The maximum atomic E-state index is 11.7. The summed E-state index contributed by atoms with van der Waals surface area (Å²) in [7, 11) is 0. The molecular weight excluding hydrogens is 244 g/mol. The molecule has 0 unspecified atom stereocenters. The summed E-state index contributed by atoms with van der Waals surface area (Å²) in [5.41, 5.74) is 1.78. The van der Waals surface area contributed by atoms with Gasteiger partial charge in [-0.15, -0.1) is 0 Å². The third kappa shape index (κ3) is 3.12. The first-order valence-corrected chi connectivity index (χ1v) is 6.47. The highest BCUT2D eigenvalue weighted by molar-refractivity contribution is 5.78. The highest BCUT2D eigenvalue weighted by Crippen LogP contribution is 2.17. The number of esters is 1. The van der Waals surface area contributed by atoms with Gasteiger partial charge in [0.25, 0.3) is 0 Å². The fourth-order valence-corrected chi connectivity index (χ4v) is 2.07. The minimum atomic E-state index is -0.268. The molecule has 0 amide bonds. The number of hydrogen-bond donors (Lipinski definition) is 1. The Balaban J connectivity index is 2.33. The largest absolute Gasteiger partial charge is 0.465 e. The van der Waals surface area contributed by atoms with Crippen LogP contribution in [0.25, 0.3) is 11.0 Å². The zero-order valence-corrected chi connectivity index (χ0v) is 11.0. The van der Waals surface area contributed by atoms with E-state index in [4.69, 9.17) is 9.84 Å². The fourth-order valence-electron chi connectivity index (χ4n) is 2.07. The van der Waals surface area contributed by atoms with Crippen molar-refractivity contribution in [3.05, 3.63) is 30.1 Å². The summed E-state index contributed by atoms with van der Waals surface area (Å²) in [5, 5.41) is 8.93. The van der Waals surface area contributed by atoms with Gasteiger partial charge < -0.3 is 14.4 Å². The van der Waals surface area contributed by atoms with Crippen LogP contribution >= 0.6 is 0 Å². The van der Waals surface area contributed by atoms with E-state index >= 15 is 0 Å². The lowest BCUT2D eigenvalue weighted by Gasteiger charge is -2.08. The first kappa shape index (κ1) is 13.5. The van der Waals surface area contributed by atoms with Crippen LogP contribution in [-0.2, 0) is 22.5 Å². The molecule has 5 nitrogen and oxygen atoms in total. The molecule has 19 heavy (non-hydrogen) atoms. The van der Waals surface area contributed by atoms with Crippen LogP contribution in [0.4, 0.5) is 0 Å². The Morgan fingerprint density at radius 3 is 2.95 bits per heavy atom. The number of aliphatic hydroxyl groups is 1. The molecule has 0 aliphatic carbocycles. The van der Waals surface area contributed by atoms with Gasteiger partial charge in [0.05, 0.1) is 17.6 Å². The molecule has 0 bridgehead atoms. The van der Waals surface area contributed by atoms with Crippen molar-refractivity contribution in [3.8, 4) is 0 Å². The number of para-hydroxylation sites is 2. The van der Waals surface area contributed by atoms with Gasteiger partial charge >= 0.3 is 5.97 Å². The Hall–Kier alpha value is -1.88. The van der Waals surface area contributed by atoms with E-state index in [1.807, 2.05) is 28.8 Å². The Morgan fingerprint density at radius 2 is 2.21 bits per heavy atom. The monoisotopic (exact) mass is 262 g/mol. The minimum absolute atomic E-state index is 0.114. The van der Waals surface area contributed by atoms with Gasteiger partial charge in [0.15, 0.2) is 0 Å². The van der Waals surface area contributed by atoms with E-state index in [9.17, 15) is 4.79 Å². The second kappa shape index (κ2) is 6.33. The van der Waals surface area contributed by atoms with Crippen molar-refractivity contribution < 1.29 is 14.6 Å². The van der Waals surface area contributed by atoms with Gasteiger partial charge in [-0.2, -0.15) is 0 Å². The standard InChI is InChI=1S/C14H18N2O3/c1-2-19-14(18)10-16-12-7-4-3-6-11(12)15-13(16)8-5-9-17/h3-4,6-7,17H,2,5,8-10H2,1H3. The molecule has 0 fully saturated rings. The van der Waals surface area contributed by atoms with Gasteiger partial charge in [0.1, 0.15) is 12.4 Å². The predicted octanol–water partition coefficient (Wildman–Crippen LogP) is 1.52. The second-order valence-corrected chi connectivity index (χ2v) is 4.24. The molecule has 0 aliphatic heterocycles. The lowest BCUT2D eigenvalue weighted by atomic mass is 10.3. The first-order chi connectivity index (χ1) is 9.26. The third-order valence-corrected chi connectivity index (χ3v) is 2.88. The number of benzene rings is 1. The van der Waals surface area contributed by atoms with Crippen LogP contribution in [0.5, 0.6) is 0 Å². The molecule has 0 atom stereocenters. The molecule has 1 aromatic heterocycles. The maximum absolute atomic E-state index is 11.7. The van der Waals surface area contributed by atoms with Gasteiger partial charge in [0.2, 0.25) is 0 Å². The van der Waals surface area contributed by atoms with Crippen molar-refractivity contribution in [2.45, 2.75) is 26.3 Å². The molecule has 1 heterocycles. The molecule has 102 valence electrons. The van der Waals surface area contributed by atoms with E-state index in [1.54, 1.807) is 6.92 Å². The SMILES string of the molecule is CCOC(=O)Cn1c(CCCO)nc2ccccc21. The summed E-state index contributed by atoms with van der Waals surface area (Å²) in [4.78, 5) is 16.2. The van der Waals surface area contributed by atoms with Gasteiger partial charge in [0, 0.05) is 13.0 Å². The van der Waals surface area contributed by atoms with Gasteiger partial charge in [-0.1, -0.05) is 12.1 Å². The molecule has 1 N–H and O–H groups in total. The van der Waals surface area contributed by atoms with Crippen molar-refractivity contribution in [3.63, 3.8) is 0 Å². The average molecular weight is 262 g/mol. The summed E-state index contributed by atoms with van der Waals surface area (Å²) >= 11 is 0. The normalized spacial score (nSPS) is 10.8. The average Bonchev–Trinajstić information content (AvgIpc) is 2.75. The molecule has 0 aliphatic rings. The molecule has 0 saturated heterocycles. The summed E-state index contributed by atoms with van der Waals surface area (Å²) in [6.07, 6.45) is 1.27. The van der Waals surface area contributed by atoms with Crippen LogP contribution < -0.4 is 0 Å². The van der Waals surface area contributed by atoms with E-state index < -0.39 is 0 Å². The molecule has 0 spiro atoms. The minimum Gasteiger partial charge on any atom is -0.465 e. The van der Waals surface area contributed by atoms with E-state index in [2.05, 4.69) is 4.98 Å². The van der Waals surface area contributed by atoms with Crippen molar-refractivity contribution in [1.29, 1.82) is 0 Å². The number of fused-ring (bicyclic) bond motifs is 1. The zero-order valence-electron chi connectivity index (χ0n) is 11.0. The Kier molecular flexibility index (Phi) is 4.52. The lowest BCUT2D eigenvalue weighted by Crippen LogP contribution is -2.15. The number of rotatable bonds is 6. The number of aryl methyl sites for hydroxylation is 1. The molecule has 2 rings (SSSR count). The quantitative estimate of drug-likeness (QED) is 0.802. The Bertz CT molecular complexity index is 563. The summed E-state index contributed by atoms with van der Waals surface area (Å²) in [5.74, 6) is 0.541. The van der Waals surface area contributed by atoms with Gasteiger partial charge in [-0.05, 0) is 25.5 Å². The van der Waals surface area contributed by atoms with Gasteiger partial charge in [-0.3, -0.25) is 4.79 Å². The van der Waals surface area contributed by atoms with Gasteiger partial charge in [-0.25, -0.2) is 4.98 Å². The second-order valence-electron chi connectivity index (χ2n) is 4.24. The van der Waals surface area contributed by atoms with Crippen molar-refractivity contribution in [1.82, 2.24) is 9.55 Å². The highest BCUT2D eigenvalue weighted by Gasteiger charge is 2.13. The van der Waals surface area contributed by atoms with E-state index in [0.717, 1.165) is 16.9 Å². The van der Waals surface area contributed by atoms with Crippen molar-refractivity contribution in [2.24, 2.45) is 0 Å². The topological polar surface area (TPSA) is 64.3 Å². The molecule has 5 heteroatoms. The Morgan fingerprint density at radius 1 is 1.42 bits per heavy atom. The molecular formula is C14H18N2O3. The number of aliphatic hydroxyl groups excluding tert-OH is 1. The number of hydrogen-bond acceptors (Lipinski definition) is 4. The third-order valence-electron chi connectivity index (χ3n) is 2.88. The van der Waals surface area contributed by atoms with E-state index in [-0.39, 0.29) is 19.1 Å². The van der Waals surface area contributed by atoms with E-state index in [0.29, 0.717) is 19.4 Å². The number of nitrogens with zero attached hydrogens (tertiary/aromatic N) is 2. The Labute approximate surface area is 111 Å². The number of carbonyl (C=O) groups excluding carboxylic acids is 1. The summed E-state index contributed by atoms with van der Waals surface area (Å²) in [6.45, 7) is 2.44. The predicted molar refractivity (Wildman–Crippen MR) is 71.8 cm³/mol. The van der Waals surface area contributed by atoms with Crippen molar-refractivity contribution in [2.75, 3.05) is 13.2 Å². The zero-order chi connectivity index (χ0) is 13.7. The summed E-state index contributed by atoms with van der Waals surface area (Å²) < 4.78 is 6.85. The van der Waals surface area contributed by atoms with Crippen LogP contribution in [0.15, 0.2) is 24.3 Å². The van der Waals surface area contributed by atoms with Crippen LogP contribution in [0.1, 0.15) is 19.2 Å². The highest BCUT2D eigenvalue weighted by atomic mass is 16.5. The van der Waals surface area contributed by atoms with Crippen LogP contribution in [0, 0.1) is 0 Å². The number of aromatic nitrogens is 2. The van der Waals surface area contributed by atoms with E-state index in [1.165, 1.54) is 0 Å². The number of imidazole rings is 1. The maximum Gasteiger partial charge on any atom is 0.326 e. The molecule has 2 aromatic rings. The number of carbonyl (C=O) groups is 1. The van der Waals surface area contributed by atoms with Crippen LogP contribution in [0.3, 0.4) is 0 Å². The van der Waals surface area contributed by atoms with Crippen molar-refractivity contribution >= 4 is 17.0 Å². The summed E-state index contributed by atoms with van der Waals surface area (Å²) in [6, 6.07) is 7.69. The van der Waals surface area contributed by atoms with Crippen LogP contribution in [0.2, 0.25) is 0 Å². The number of ether oxygens (including phenoxy) is 1. The molecule has 1 aromatic carbocycles. The first-order valence-electron chi connectivity index (χ1n) is 6.47. The fraction of sp³-hybridized carbons (Fsp3) is 0.429. The molecule has 0 saturated carbocycles. The smallest absolute Gasteiger partial charge is 0.326 e.